The van der Waals surface area contributed by atoms with Crippen molar-refractivity contribution in [3.05, 3.63) is 35.2 Å². The average molecular weight is 243 g/mol. The van der Waals surface area contributed by atoms with Crippen LogP contribution in [0.4, 0.5) is 5.95 Å². The van der Waals surface area contributed by atoms with Gasteiger partial charge in [-0.3, -0.25) is 0 Å². The minimum atomic E-state index is 0.261. The monoisotopic (exact) mass is 243 g/mol. The molecule has 0 saturated heterocycles. The Hall–Kier alpha value is -1.64. The third-order valence-electron chi connectivity index (χ3n) is 3.66. The van der Waals surface area contributed by atoms with Gasteiger partial charge in [0, 0.05) is 6.20 Å². The number of aromatic nitrogens is 2. The number of nitrogen functional groups attached to an aromatic ring is 1. The van der Waals surface area contributed by atoms with Crippen molar-refractivity contribution in [1.29, 1.82) is 0 Å². The summed E-state index contributed by atoms with van der Waals surface area (Å²) in [5.74, 6) is 0.325. The fourth-order valence-corrected chi connectivity index (χ4v) is 2.66. The van der Waals surface area contributed by atoms with E-state index in [9.17, 15) is 0 Å². The van der Waals surface area contributed by atoms with Crippen LogP contribution in [0.2, 0.25) is 0 Å². The average Bonchev–Trinajstić information content (AvgIpc) is 2.27. The summed E-state index contributed by atoms with van der Waals surface area (Å²) < 4.78 is 0. The van der Waals surface area contributed by atoms with Gasteiger partial charge in [0.1, 0.15) is 0 Å². The molecule has 0 radical (unpaired) electrons. The second kappa shape index (κ2) is 4.92. The van der Waals surface area contributed by atoms with Crippen molar-refractivity contribution in [2.24, 2.45) is 5.41 Å². The van der Waals surface area contributed by atoms with E-state index in [-0.39, 0.29) is 5.41 Å². The van der Waals surface area contributed by atoms with Gasteiger partial charge in [0.2, 0.25) is 5.95 Å². The summed E-state index contributed by atoms with van der Waals surface area (Å²) >= 11 is 0. The molecule has 0 aliphatic heterocycles. The Kier molecular flexibility index (Phi) is 3.50. The van der Waals surface area contributed by atoms with Crippen LogP contribution in [0.5, 0.6) is 0 Å². The highest BCUT2D eigenvalue weighted by molar-refractivity contribution is 5.52. The first-order chi connectivity index (χ1) is 8.49. The number of rotatable bonds is 2. The van der Waals surface area contributed by atoms with Crippen molar-refractivity contribution in [2.75, 3.05) is 5.73 Å². The summed E-state index contributed by atoms with van der Waals surface area (Å²) in [5, 5.41) is 0. The third-order valence-corrected chi connectivity index (χ3v) is 3.66. The highest BCUT2D eigenvalue weighted by Gasteiger charge is 2.26. The summed E-state index contributed by atoms with van der Waals surface area (Å²) in [6.45, 7) is 6.85. The number of nitrogens with two attached hydrogens (primary N) is 1. The number of nitrogens with zero attached hydrogens (tertiary/aromatic N) is 2. The molecule has 96 valence electrons. The summed E-state index contributed by atoms with van der Waals surface area (Å²) in [6, 6.07) is 1.87. The summed E-state index contributed by atoms with van der Waals surface area (Å²) in [4.78, 5) is 8.09. The van der Waals surface area contributed by atoms with Crippen molar-refractivity contribution < 1.29 is 0 Å². The van der Waals surface area contributed by atoms with Crippen molar-refractivity contribution in [3.8, 4) is 0 Å². The molecule has 18 heavy (non-hydrogen) atoms. The van der Waals surface area contributed by atoms with E-state index in [4.69, 9.17) is 5.73 Å². The molecule has 1 aliphatic rings. The van der Waals surface area contributed by atoms with Gasteiger partial charge in [0.15, 0.2) is 0 Å². The largest absolute Gasteiger partial charge is 0.368 e. The summed E-state index contributed by atoms with van der Waals surface area (Å²) in [7, 11) is 0. The fourth-order valence-electron chi connectivity index (χ4n) is 2.66. The quantitative estimate of drug-likeness (QED) is 0.863. The normalized spacial score (nSPS) is 19.5. The molecule has 3 nitrogen and oxygen atoms in total. The van der Waals surface area contributed by atoms with Crippen LogP contribution in [0.15, 0.2) is 29.5 Å². The van der Waals surface area contributed by atoms with E-state index in [0.29, 0.717) is 5.95 Å². The first-order valence-electron chi connectivity index (χ1n) is 6.46. The van der Waals surface area contributed by atoms with Gasteiger partial charge in [-0.1, -0.05) is 25.5 Å². The van der Waals surface area contributed by atoms with Gasteiger partial charge in [-0.05, 0) is 49.3 Å². The SMILES string of the molecule is CC1=C(/C=C/c2ccnc(N)n2)C(C)(C)CCC1. The molecule has 0 atom stereocenters. The first kappa shape index (κ1) is 12.8. The lowest BCUT2D eigenvalue weighted by atomic mass is 9.72. The molecule has 1 aliphatic carbocycles. The molecular formula is C15H21N3. The minimum Gasteiger partial charge on any atom is -0.368 e. The molecule has 0 bridgehead atoms. The lowest BCUT2D eigenvalue weighted by molar-refractivity contribution is 0.377. The van der Waals surface area contributed by atoms with Crippen molar-refractivity contribution in [3.63, 3.8) is 0 Å². The smallest absolute Gasteiger partial charge is 0.220 e. The minimum absolute atomic E-state index is 0.261. The van der Waals surface area contributed by atoms with Gasteiger partial charge in [0.25, 0.3) is 0 Å². The van der Waals surface area contributed by atoms with Gasteiger partial charge in [-0.25, -0.2) is 9.97 Å². The Morgan fingerprint density at radius 1 is 1.33 bits per heavy atom. The highest BCUT2D eigenvalue weighted by Crippen LogP contribution is 2.40. The molecule has 2 rings (SSSR count). The van der Waals surface area contributed by atoms with Gasteiger partial charge < -0.3 is 5.73 Å². The zero-order chi connectivity index (χ0) is 13.2. The number of hydrogen-bond donors (Lipinski definition) is 1. The van der Waals surface area contributed by atoms with Crippen LogP contribution in [0, 0.1) is 5.41 Å². The fraction of sp³-hybridized carbons (Fsp3) is 0.467. The topological polar surface area (TPSA) is 51.8 Å². The Labute approximate surface area is 109 Å². The van der Waals surface area contributed by atoms with E-state index in [0.717, 1.165) is 5.69 Å². The van der Waals surface area contributed by atoms with E-state index < -0.39 is 0 Å². The maximum absolute atomic E-state index is 5.58. The number of hydrogen-bond acceptors (Lipinski definition) is 3. The predicted octanol–water partition coefficient (Wildman–Crippen LogP) is 3.60. The Balaban J connectivity index is 2.27. The van der Waals surface area contributed by atoms with Crippen LogP contribution in [-0.4, -0.2) is 9.97 Å². The molecule has 2 N–H and O–H groups in total. The third kappa shape index (κ3) is 2.78. The van der Waals surface area contributed by atoms with Gasteiger partial charge in [-0.15, -0.1) is 0 Å². The van der Waals surface area contributed by atoms with Crippen LogP contribution < -0.4 is 5.73 Å². The van der Waals surface area contributed by atoms with E-state index in [1.165, 1.54) is 30.4 Å². The number of anilines is 1. The second-order valence-electron chi connectivity index (χ2n) is 5.60. The maximum atomic E-state index is 5.58. The second-order valence-corrected chi connectivity index (χ2v) is 5.60. The Morgan fingerprint density at radius 3 is 2.78 bits per heavy atom. The van der Waals surface area contributed by atoms with Crippen molar-refractivity contribution >= 4 is 12.0 Å². The molecule has 1 heterocycles. The lowest BCUT2D eigenvalue weighted by Gasteiger charge is -2.32. The molecule has 0 amide bonds. The van der Waals surface area contributed by atoms with E-state index in [2.05, 4.69) is 36.8 Å². The van der Waals surface area contributed by atoms with Gasteiger partial charge in [0.05, 0.1) is 5.69 Å². The molecular weight excluding hydrogens is 222 g/mol. The zero-order valence-corrected chi connectivity index (χ0v) is 11.4. The molecule has 0 unspecified atom stereocenters. The van der Waals surface area contributed by atoms with E-state index in [1.807, 2.05) is 12.1 Å². The predicted molar refractivity (Wildman–Crippen MR) is 75.8 cm³/mol. The van der Waals surface area contributed by atoms with Crippen molar-refractivity contribution in [1.82, 2.24) is 9.97 Å². The molecule has 0 aromatic carbocycles. The molecule has 0 saturated carbocycles. The maximum Gasteiger partial charge on any atom is 0.220 e. The van der Waals surface area contributed by atoms with Crippen LogP contribution in [0.3, 0.4) is 0 Å². The Bertz CT molecular complexity index is 498. The number of allylic oxidation sites excluding steroid dienone is 3. The van der Waals surface area contributed by atoms with Crippen LogP contribution >= 0.6 is 0 Å². The highest BCUT2D eigenvalue weighted by atomic mass is 15.0. The van der Waals surface area contributed by atoms with Crippen molar-refractivity contribution in [2.45, 2.75) is 40.0 Å². The van der Waals surface area contributed by atoms with Crippen LogP contribution in [0.1, 0.15) is 45.7 Å². The molecule has 0 fully saturated rings. The first-order valence-corrected chi connectivity index (χ1v) is 6.46. The zero-order valence-electron chi connectivity index (χ0n) is 11.4. The van der Waals surface area contributed by atoms with Crippen LogP contribution in [0.25, 0.3) is 6.08 Å². The standard InChI is InChI=1S/C15H21N3/c1-11-5-4-9-15(2,3)13(11)7-6-12-8-10-17-14(16)18-12/h6-8,10H,4-5,9H2,1-3H3,(H2,16,17,18)/b7-6+. The lowest BCUT2D eigenvalue weighted by Crippen LogP contribution is -2.18. The van der Waals surface area contributed by atoms with E-state index in [1.54, 1.807) is 6.20 Å². The van der Waals surface area contributed by atoms with E-state index >= 15 is 0 Å². The van der Waals surface area contributed by atoms with Gasteiger partial charge in [-0.2, -0.15) is 0 Å². The molecule has 1 aromatic rings. The molecule has 0 spiro atoms. The molecule has 1 aromatic heterocycles. The van der Waals surface area contributed by atoms with Crippen LogP contribution in [-0.2, 0) is 0 Å². The Morgan fingerprint density at radius 2 is 2.11 bits per heavy atom. The summed E-state index contributed by atoms with van der Waals surface area (Å²) in [6.07, 6.45) is 9.65. The molecule has 3 heteroatoms. The van der Waals surface area contributed by atoms with Gasteiger partial charge >= 0.3 is 0 Å². The summed E-state index contributed by atoms with van der Waals surface area (Å²) in [5.41, 5.74) is 9.63.